The summed E-state index contributed by atoms with van der Waals surface area (Å²) in [6, 6.07) is 10.4. The summed E-state index contributed by atoms with van der Waals surface area (Å²) in [4.78, 5) is 18.4. The molecule has 0 spiro atoms. The lowest BCUT2D eigenvalue weighted by Gasteiger charge is -2.29. The normalized spacial score (nSPS) is 15.0. The molecule has 0 saturated carbocycles. The highest BCUT2D eigenvalue weighted by molar-refractivity contribution is 5.84. The number of fused-ring (bicyclic) bond motifs is 1. The van der Waals surface area contributed by atoms with Gasteiger partial charge in [0.15, 0.2) is 11.4 Å². The molecule has 1 saturated heterocycles. The Bertz CT molecular complexity index is 934. The fourth-order valence-electron chi connectivity index (χ4n) is 2.99. The number of benzene rings is 1. The van der Waals surface area contributed by atoms with Gasteiger partial charge in [-0.3, -0.25) is 4.98 Å². The molecule has 0 unspecified atom stereocenters. The smallest absolute Gasteiger partial charge is 0.345 e. The van der Waals surface area contributed by atoms with Crippen LogP contribution in [0.4, 0.5) is 10.1 Å². The molecular weight excluding hydrogens is 309 g/mol. The zero-order valence-corrected chi connectivity index (χ0v) is 13.0. The van der Waals surface area contributed by atoms with Gasteiger partial charge in [0.05, 0.1) is 16.9 Å². The summed E-state index contributed by atoms with van der Waals surface area (Å²) in [5, 5.41) is 3.78. The van der Waals surface area contributed by atoms with E-state index in [1.165, 1.54) is 0 Å². The summed E-state index contributed by atoms with van der Waals surface area (Å²) < 4.78 is 20.2. The van der Waals surface area contributed by atoms with Crippen molar-refractivity contribution in [1.29, 1.82) is 0 Å². The predicted octanol–water partition coefficient (Wildman–Crippen LogP) is 2.40. The second kappa shape index (κ2) is 6.05. The van der Waals surface area contributed by atoms with Gasteiger partial charge in [-0.1, -0.05) is 6.07 Å². The molecule has 3 heterocycles. The van der Waals surface area contributed by atoms with E-state index in [1.54, 1.807) is 42.6 Å². The quantitative estimate of drug-likeness (QED) is 0.733. The van der Waals surface area contributed by atoms with Gasteiger partial charge in [-0.25, -0.2) is 9.18 Å². The third-order valence-corrected chi connectivity index (χ3v) is 4.22. The summed E-state index contributed by atoms with van der Waals surface area (Å²) >= 11 is 0. The topological polar surface area (TPSA) is 58.4 Å². The minimum absolute atomic E-state index is 0.00397. The van der Waals surface area contributed by atoms with Crippen molar-refractivity contribution < 1.29 is 8.81 Å². The van der Waals surface area contributed by atoms with Crippen molar-refractivity contribution >= 4 is 16.7 Å². The molecule has 1 aromatic carbocycles. The molecule has 1 aliphatic heterocycles. The van der Waals surface area contributed by atoms with Gasteiger partial charge in [0.2, 0.25) is 0 Å². The summed E-state index contributed by atoms with van der Waals surface area (Å²) in [7, 11) is 0. The molecule has 0 bridgehead atoms. The number of nitrogens with zero attached hydrogens (tertiary/aromatic N) is 2. The molecule has 2 aromatic heterocycles. The van der Waals surface area contributed by atoms with Crippen molar-refractivity contribution in [2.24, 2.45) is 0 Å². The molecule has 4 rings (SSSR count). The molecular formula is C18H16FN3O2. The molecule has 1 N–H and O–H groups in total. The molecule has 0 amide bonds. The van der Waals surface area contributed by atoms with Gasteiger partial charge < -0.3 is 14.6 Å². The molecule has 0 atom stereocenters. The van der Waals surface area contributed by atoms with E-state index in [0.29, 0.717) is 22.3 Å². The standard InChI is InChI=1S/C18H16FN3O2/c19-16-15(22-9-7-20-8-10-22)5-4-12-11-13(18(23)24-17(12)16)14-3-1-2-6-21-14/h1-6,11,20H,7-10H2. The molecule has 0 aliphatic carbocycles. The Labute approximate surface area is 137 Å². The average molecular weight is 325 g/mol. The number of halogens is 1. The van der Waals surface area contributed by atoms with Crippen LogP contribution in [0.15, 0.2) is 51.8 Å². The Morgan fingerprint density at radius 3 is 2.75 bits per heavy atom. The third-order valence-electron chi connectivity index (χ3n) is 4.22. The van der Waals surface area contributed by atoms with Gasteiger partial charge in [-0.2, -0.15) is 0 Å². The second-order valence-corrected chi connectivity index (χ2v) is 5.72. The van der Waals surface area contributed by atoms with Crippen LogP contribution in [0.25, 0.3) is 22.2 Å². The van der Waals surface area contributed by atoms with Gasteiger partial charge in [-0.15, -0.1) is 0 Å². The van der Waals surface area contributed by atoms with Crippen molar-refractivity contribution in [3.8, 4) is 11.3 Å². The van der Waals surface area contributed by atoms with E-state index in [4.69, 9.17) is 4.42 Å². The minimum Gasteiger partial charge on any atom is -0.419 e. The highest BCUT2D eigenvalue weighted by atomic mass is 19.1. The largest absolute Gasteiger partial charge is 0.419 e. The number of piperazine rings is 1. The minimum atomic E-state index is -0.586. The van der Waals surface area contributed by atoms with E-state index in [0.717, 1.165) is 26.2 Å². The van der Waals surface area contributed by atoms with Crippen LogP contribution in [-0.2, 0) is 0 Å². The summed E-state index contributed by atoms with van der Waals surface area (Å²) in [5.41, 5.74) is 0.725. The number of pyridine rings is 1. The maximum absolute atomic E-state index is 14.9. The maximum atomic E-state index is 14.9. The van der Waals surface area contributed by atoms with E-state index in [2.05, 4.69) is 10.3 Å². The van der Waals surface area contributed by atoms with Crippen LogP contribution >= 0.6 is 0 Å². The zero-order chi connectivity index (χ0) is 16.5. The first-order chi connectivity index (χ1) is 11.7. The number of nitrogens with one attached hydrogen (secondary N) is 1. The van der Waals surface area contributed by atoms with Crippen molar-refractivity contribution in [1.82, 2.24) is 10.3 Å². The first-order valence-electron chi connectivity index (χ1n) is 7.87. The van der Waals surface area contributed by atoms with Crippen molar-refractivity contribution in [3.05, 3.63) is 58.8 Å². The lowest BCUT2D eigenvalue weighted by molar-refractivity contribution is 0.519. The van der Waals surface area contributed by atoms with E-state index in [1.807, 2.05) is 4.90 Å². The number of hydrogen-bond acceptors (Lipinski definition) is 5. The van der Waals surface area contributed by atoms with Gasteiger partial charge in [-0.05, 0) is 30.3 Å². The fraction of sp³-hybridized carbons (Fsp3) is 0.222. The first-order valence-corrected chi connectivity index (χ1v) is 7.87. The van der Waals surface area contributed by atoms with Crippen LogP contribution < -0.4 is 15.8 Å². The first kappa shape index (κ1) is 14.8. The molecule has 1 fully saturated rings. The Balaban J connectivity index is 1.84. The van der Waals surface area contributed by atoms with Gasteiger partial charge >= 0.3 is 5.63 Å². The molecule has 0 radical (unpaired) electrons. The van der Waals surface area contributed by atoms with Crippen LogP contribution in [0.1, 0.15) is 0 Å². The Kier molecular flexibility index (Phi) is 3.74. The maximum Gasteiger partial charge on any atom is 0.345 e. The van der Waals surface area contributed by atoms with Crippen LogP contribution in [0.2, 0.25) is 0 Å². The van der Waals surface area contributed by atoms with E-state index < -0.39 is 11.4 Å². The lowest BCUT2D eigenvalue weighted by Crippen LogP contribution is -2.43. The van der Waals surface area contributed by atoms with E-state index in [9.17, 15) is 9.18 Å². The van der Waals surface area contributed by atoms with Gasteiger partial charge in [0.1, 0.15) is 0 Å². The molecule has 24 heavy (non-hydrogen) atoms. The second-order valence-electron chi connectivity index (χ2n) is 5.72. The van der Waals surface area contributed by atoms with Gasteiger partial charge in [0, 0.05) is 37.8 Å². The number of aromatic nitrogens is 1. The van der Waals surface area contributed by atoms with Crippen molar-refractivity contribution in [3.63, 3.8) is 0 Å². The summed E-state index contributed by atoms with van der Waals surface area (Å²) in [6.07, 6.45) is 1.60. The Hall–Kier alpha value is -2.73. The molecule has 1 aliphatic rings. The SMILES string of the molecule is O=c1oc2c(F)c(N3CCNCC3)ccc2cc1-c1ccccn1. The molecule has 5 nitrogen and oxygen atoms in total. The molecule has 6 heteroatoms. The van der Waals surface area contributed by atoms with Crippen LogP contribution in [0.3, 0.4) is 0 Å². The fourth-order valence-corrected chi connectivity index (χ4v) is 2.99. The Morgan fingerprint density at radius 2 is 2.00 bits per heavy atom. The Morgan fingerprint density at radius 1 is 1.17 bits per heavy atom. The highest BCUT2D eigenvalue weighted by Crippen LogP contribution is 2.28. The molecule has 3 aromatic rings. The van der Waals surface area contributed by atoms with Crippen LogP contribution in [0.5, 0.6) is 0 Å². The summed E-state index contributed by atoms with van der Waals surface area (Å²) in [5.74, 6) is -0.487. The van der Waals surface area contributed by atoms with E-state index in [-0.39, 0.29) is 5.58 Å². The monoisotopic (exact) mass is 325 g/mol. The summed E-state index contributed by atoms with van der Waals surface area (Å²) in [6.45, 7) is 3.05. The average Bonchev–Trinajstić information content (AvgIpc) is 2.64. The highest BCUT2D eigenvalue weighted by Gasteiger charge is 2.19. The zero-order valence-electron chi connectivity index (χ0n) is 13.0. The number of hydrogen-bond donors (Lipinski definition) is 1. The third kappa shape index (κ3) is 2.55. The van der Waals surface area contributed by atoms with Crippen LogP contribution in [0, 0.1) is 5.82 Å². The molecule has 122 valence electrons. The van der Waals surface area contributed by atoms with Crippen LogP contribution in [-0.4, -0.2) is 31.2 Å². The van der Waals surface area contributed by atoms with Crippen molar-refractivity contribution in [2.75, 3.05) is 31.1 Å². The van der Waals surface area contributed by atoms with Crippen molar-refractivity contribution in [2.45, 2.75) is 0 Å². The number of rotatable bonds is 2. The number of anilines is 1. The van der Waals surface area contributed by atoms with E-state index >= 15 is 0 Å². The lowest BCUT2D eigenvalue weighted by atomic mass is 10.1. The predicted molar refractivity (Wildman–Crippen MR) is 90.8 cm³/mol. The van der Waals surface area contributed by atoms with Gasteiger partial charge in [0.25, 0.3) is 0 Å².